The fourth-order valence-electron chi connectivity index (χ4n) is 2.29. The molecule has 1 aromatic heterocycles. The van der Waals surface area contributed by atoms with E-state index in [0.717, 1.165) is 30.7 Å². The quantitative estimate of drug-likeness (QED) is 0.780. The van der Waals surface area contributed by atoms with Crippen molar-refractivity contribution in [2.24, 2.45) is 5.73 Å². The maximum atomic E-state index is 11.4. The lowest BCUT2D eigenvalue weighted by molar-refractivity contribution is 0.501. The SMILES string of the molecule is CC(C)(N)Cc1nc(=O)[nH]c2c1CCCC2. The minimum atomic E-state index is -0.313. The standard InChI is InChI=1S/C12H19N3O/c1-12(2,13)7-10-8-5-3-4-6-9(8)14-11(16)15-10/h3-7,13H2,1-2H3,(H,14,15,16). The van der Waals surface area contributed by atoms with Crippen molar-refractivity contribution in [1.29, 1.82) is 0 Å². The average molecular weight is 221 g/mol. The van der Waals surface area contributed by atoms with E-state index in [0.29, 0.717) is 6.42 Å². The molecule has 0 saturated heterocycles. The van der Waals surface area contributed by atoms with Crippen LogP contribution in [0.15, 0.2) is 4.79 Å². The first-order valence-electron chi connectivity index (χ1n) is 5.85. The van der Waals surface area contributed by atoms with E-state index >= 15 is 0 Å². The number of hydrogen-bond donors (Lipinski definition) is 2. The highest BCUT2D eigenvalue weighted by molar-refractivity contribution is 5.28. The topological polar surface area (TPSA) is 71.8 Å². The van der Waals surface area contributed by atoms with Gasteiger partial charge in [0.2, 0.25) is 0 Å². The molecule has 1 aliphatic rings. The third-order valence-corrected chi connectivity index (χ3v) is 2.93. The van der Waals surface area contributed by atoms with Crippen molar-refractivity contribution in [3.63, 3.8) is 0 Å². The van der Waals surface area contributed by atoms with Crippen molar-refractivity contribution >= 4 is 0 Å². The first-order valence-corrected chi connectivity index (χ1v) is 5.85. The van der Waals surface area contributed by atoms with E-state index in [9.17, 15) is 4.79 Å². The first-order chi connectivity index (χ1) is 7.46. The Morgan fingerprint density at radius 2 is 2.06 bits per heavy atom. The second-order valence-corrected chi connectivity index (χ2v) is 5.32. The maximum absolute atomic E-state index is 11.4. The number of nitrogens with two attached hydrogens (primary N) is 1. The Hall–Kier alpha value is -1.16. The van der Waals surface area contributed by atoms with Crippen molar-refractivity contribution in [3.8, 4) is 0 Å². The van der Waals surface area contributed by atoms with Gasteiger partial charge in [0.1, 0.15) is 0 Å². The highest BCUT2D eigenvalue weighted by Crippen LogP contribution is 2.22. The summed E-state index contributed by atoms with van der Waals surface area (Å²) in [5, 5.41) is 0. The predicted octanol–water partition coefficient (Wildman–Crippen LogP) is 0.928. The number of nitrogens with one attached hydrogen (secondary N) is 1. The number of hydrogen-bond acceptors (Lipinski definition) is 3. The van der Waals surface area contributed by atoms with Crippen LogP contribution in [0.5, 0.6) is 0 Å². The molecule has 1 aromatic rings. The number of nitrogens with zero attached hydrogens (tertiary/aromatic N) is 1. The van der Waals surface area contributed by atoms with Crippen molar-refractivity contribution in [2.75, 3.05) is 0 Å². The van der Waals surface area contributed by atoms with Crippen LogP contribution in [-0.2, 0) is 19.3 Å². The zero-order valence-electron chi connectivity index (χ0n) is 9.97. The van der Waals surface area contributed by atoms with Gasteiger partial charge in [-0.05, 0) is 45.1 Å². The van der Waals surface area contributed by atoms with Crippen molar-refractivity contribution in [1.82, 2.24) is 9.97 Å². The number of fused-ring (bicyclic) bond motifs is 1. The highest BCUT2D eigenvalue weighted by Gasteiger charge is 2.20. The summed E-state index contributed by atoms with van der Waals surface area (Å²) in [7, 11) is 0. The Bertz CT molecular complexity index is 443. The zero-order valence-corrected chi connectivity index (χ0v) is 9.97. The Balaban J connectivity index is 2.43. The third-order valence-electron chi connectivity index (χ3n) is 2.93. The van der Waals surface area contributed by atoms with E-state index in [-0.39, 0.29) is 11.2 Å². The molecule has 0 unspecified atom stereocenters. The van der Waals surface area contributed by atoms with Gasteiger partial charge in [0.15, 0.2) is 0 Å². The summed E-state index contributed by atoms with van der Waals surface area (Å²) in [5.74, 6) is 0. The van der Waals surface area contributed by atoms with Gasteiger partial charge in [-0.1, -0.05) is 0 Å². The van der Waals surface area contributed by atoms with Gasteiger partial charge in [0, 0.05) is 17.7 Å². The number of rotatable bonds is 2. The van der Waals surface area contributed by atoms with E-state index in [1.165, 1.54) is 12.0 Å². The minimum Gasteiger partial charge on any atom is -0.325 e. The molecule has 0 aromatic carbocycles. The third kappa shape index (κ3) is 2.50. The molecule has 3 N–H and O–H groups in total. The largest absolute Gasteiger partial charge is 0.345 e. The van der Waals surface area contributed by atoms with E-state index in [2.05, 4.69) is 9.97 Å². The smallest absolute Gasteiger partial charge is 0.325 e. The van der Waals surface area contributed by atoms with Crippen LogP contribution in [0.1, 0.15) is 43.6 Å². The van der Waals surface area contributed by atoms with Gasteiger partial charge < -0.3 is 10.7 Å². The van der Waals surface area contributed by atoms with E-state index in [1.807, 2.05) is 13.8 Å². The molecule has 0 fully saturated rings. The molecular weight excluding hydrogens is 202 g/mol. The fourth-order valence-corrected chi connectivity index (χ4v) is 2.29. The van der Waals surface area contributed by atoms with Crippen molar-refractivity contribution < 1.29 is 0 Å². The lowest BCUT2D eigenvalue weighted by Gasteiger charge is -2.22. The summed E-state index contributed by atoms with van der Waals surface area (Å²) in [6, 6.07) is 0. The second kappa shape index (κ2) is 4.01. The molecule has 4 heteroatoms. The Labute approximate surface area is 95.3 Å². The monoisotopic (exact) mass is 221 g/mol. The number of H-pyrrole nitrogens is 1. The Kier molecular flexibility index (Phi) is 2.84. The zero-order chi connectivity index (χ0) is 11.8. The van der Waals surface area contributed by atoms with Crippen LogP contribution in [0.3, 0.4) is 0 Å². The van der Waals surface area contributed by atoms with Gasteiger partial charge in [-0.25, -0.2) is 4.79 Å². The average Bonchev–Trinajstić information content (AvgIpc) is 2.14. The molecule has 1 heterocycles. The lowest BCUT2D eigenvalue weighted by atomic mass is 9.90. The molecule has 4 nitrogen and oxygen atoms in total. The van der Waals surface area contributed by atoms with Gasteiger partial charge in [-0.15, -0.1) is 0 Å². The van der Waals surface area contributed by atoms with Gasteiger partial charge in [0.25, 0.3) is 0 Å². The van der Waals surface area contributed by atoms with Crippen molar-refractivity contribution in [2.45, 2.75) is 51.5 Å². The van der Waals surface area contributed by atoms with E-state index in [1.54, 1.807) is 0 Å². The summed E-state index contributed by atoms with van der Waals surface area (Å²) in [5.41, 5.74) is 8.64. The van der Waals surface area contributed by atoms with Crippen LogP contribution in [0.2, 0.25) is 0 Å². The van der Waals surface area contributed by atoms with Crippen LogP contribution < -0.4 is 11.4 Å². The second-order valence-electron chi connectivity index (χ2n) is 5.32. The normalized spacial score (nSPS) is 15.9. The molecule has 0 bridgehead atoms. The van der Waals surface area contributed by atoms with Crippen molar-refractivity contribution in [3.05, 3.63) is 27.4 Å². The molecule has 0 saturated carbocycles. The number of aromatic nitrogens is 2. The Morgan fingerprint density at radius 3 is 2.75 bits per heavy atom. The summed E-state index contributed by atoms with van der Waals surface area (Å²) < 4.78 is 0. The van der Waals surface area contributed by atoms with Crippen LogP contribution in [0.4, 0.5) is 0 Å². The highest BCUT2D eigenvalue weighted by atomic mass is 16.1. The summed E-state index contributed by atoms with van der Waals surface area (Å²) in [6.07, 6.45) is 4.98. The fraction of sp³-hybridized carbons (Fsp3) is 0.667. The lowest BCUT2D eigenvalue weighted by Crippen LogP contribution is -2.36. The summed E-state index contributed by atoms with van der Waals surface area (Å²) in [4.78, 5) is 18.4. The molecule has 1 aliphatic carbocycles. The van der Waals surface area contributed by atoms with Gasteiger partial charge >= 0.3 is 5.69 Å². The molecule has 0 radical (unpaired) electrons. The summed E-state index contributed by atoms with van der Waals surface area (Å²) >= 11 is 0. The van der Waals surface area contributed by atoms with Gasteiger partial charge in [0.05, 0.1) is 5.69 Å². The van der Waals surface area contributed by atoms with Gasteiger partial charge in [-0.2, -0.15) is 4.98 Å². The molecule has 2 rings (SSSR count). The van der Waals surface area contributed by atoms with Gasteiger partial charge in [-0.3, -0.25) is 0 Å². The molecule has 0 amide bonds. The number of aromatic amines is 1. The number of aryl methyl sites for hydroxylation is 1. The van der Waals surface area contributed by atoms with Crippen LogP contribution >= 0.6 is 0 Å². The molecular formula is C12H19N3O. The van der Waals surface area contributed by atoms with Crippen LogP contribution in [0, 0.1) is 0 Å². The van der Waals surface area contributed by atoms with E-state index in [4.69, 9.17) is 5.73 Å². The van der Waals surface area contributed by atoms with Crippen LogP contribution in [0.25, 0.3) is 0 Å². The maximum Gasteiger partial charge on any atom is 0.345 e. The molecule has 0 spiro atoms. The summed E-state index contributed by atoms with van der Waals surface area (Å²) in [6.45, 7) is 3.93. The minimum absolute atomic E-state index is 0.236. The predicted molar refractivity (Wildman–Crippen MR) is 63.5 cm³/mol. The molecule has 88 valence electrons. The molecule has 0 atom stereocenters. The molecule has 0 aliphatic heterocycles. The van der Waals surface area contributed by atoms with Crippen LogP contribution in [-0.4, -0.2) is 15.5 Å². The van der Waals surface area contributed by atoms with E-state index < -0.39 is 0 Å². The molecule has 16 heavy (non-hydrogen) atoms. The first kappa shape index (κ1) is 11.3. The Morgan fingerprint density at radius 1 is 1.38 bits per heavy atom.